The molecule has 0 unspecified atom stereocenters. The van der Waals surface area contributed by atoms with E-state index >= 15 is 0 Å². The van der Waals surface area contributed by atoms with Gasteiger partial charge in [0.05, 0.1) is 7.11 Å². The van der Waals surface area contributed by atoms with Crippen LogP contribution in [0.4, 0.5) is 0 Å². The van der Waals surface area contributed by atoms with Gasteiger partial charge < -0.3 is 15.4 Å². The standard InChI is InChI=1S/C16H20N4O/c1-17-16(19-11-13-7-4-3-5-8-13)20-12-14-9-6-10-18-15(14)21-2/h3-10H,11-12H2,1-2H3,(H2,17,19,20). The summed E-state index contributed by atoms with van der Waals surface area (Å²) in [6.45, 7) is 1.33. The lowest BCUT2D eigenvalue weighted by Crippen LogP contribution is -2.36. The van der Waals surface area contributed by atoms with Gasteiger partial charge in [0.15, 0.2) is 5.96 Å². The van der Waals surface area contributed by atoms with Crippen LogP contribution in [0.5, 0.6) is 5.88 Å². The molecular weight excluding hydrogens is 264 g/mol. The molecule has 1 aromatic heterocycles. The molecule has 0 radical (unpaired) electrons. The monoisotopic (exact) mass is 284 g/mol. The third-order valence-electron chi connectivity index (χ3n) is 3.02. The molecule has 0 bridgehead atoms. The van der Waals surface area contributed by atoms with E-state index < -0.39 is 0 Å². The van der Waals surface area contributed by atoms with Crippen LogP contribution < -0.4 is 15.4 Å². The van der Waals surface area contributed by atoms with Crippen LogP contribution >= 0.6 is 0 Å². The third kappa shape index (κ3) is 4.49. The Labute approximate surface area is 125 Å². The molecule has 21 heavy (non-hydrogen) atoms. The number of guanidine groups is 1. The second kappa shape index (κ2) is 7.89. The summed E-state index contributed by atoms with van der Waals surface area (Å²) in [6, 6.07) is 14.1. The van der Waals surface area contributed by atoms with E-state index in [2.05, 4.69) is 32.7 Å². The van der Waals surface area contributed by atoms with E-state index in [0.717, 1.165) is 18.1 Å². The van der Waals surface area contributed by atoms with Crippen molar-refractivity contribution >= 4 is 5.96 Å². The number of benzene rings is 1. The summed E-state index contributed by atoms with van der Waals surface area (Å²) in [5.74, 6) is 1.37. The Bertz CT molecular complexity index is 584. The minimum Gasteiger partial charge on any atom is -0.481 e. The van der Waals surface area contributed by atoms with Gasteiger partial charge >= 0.3 is 0 Å². The van der Waals surface area contributed by atoms with E-state index in [9.17, 15) is 0 Å². The second-order valence-corrected chi connectivity index (χ2v) is 4.44. The number of nitrogens with zero attached hydrogens (tertiary/aromatic N) is 2. The molecule has 0 saturated heterocycles. The van der Waals surface area contributed by atoms with Gasteiger partial charge in [0.25, 0.3) is 0 Å². The van der Waals surface area contributed by atoms with Gasteiger partial charge in [0, 0.05) is 31.9 Å². The minimum absolute atomic E-state index is 0.603. The average molecular weight is 284 g/mol. The van der Waals surface area contributed by atoms with Crippen LogP contribution in [-0.2, 0) is 13.1 Å². The van der Waals surface area contributed by atoms with Crippen molar-refractivity contribution in [3.8, 4) is 5.88 Å². The molecule has 0 aliphatic heterocycles. The van der Waals surface area contributed by atoms with Crippen LogP contribution in [0.15, 0.2) is 53.7 Å². The van der Waals surface area contributed by atoms with Crippen LogP contribution in [-0.4, -0.2) is 25.1 Å². The first-order chi connectivity index (χ1) is 10.3. The number of hydrogen-bond donors (Lipinski definition) is 2. The summed E-state index contributed by atoms with van der Waals surface area (Å²) in [5.41, 5.74) is 2.20. The molecule has 0 aliphatic carbocycles. The molecular formula is C16H20N4O. The molecule has 0 amide bonds. The molecule has 0 fully saturated rings. The van der Waals surface area contributed by atoms with Crippen LogP contribution in [0.1, 0.15) is 11.1 Å². The summed E-state index contributed by atoms with van der Waals surface area (Å²) in [5, 5.41) is 6.52. The zero-order chi connectivity index (χ0) is 14.9. The van der Waals surface area contributed by atoms with Gasteiger partial charge in [0.2, 0.25) is 5.88 Å². The summed E-state index contributed by atoms with van der Waals surface area (Å²) in [7, 11) is 3.37. The van der Waals surface area contributed by atoms with Crippen molar-refractivity contribution in [1.82, 2.24) is 15.6 Å². The third-order valence-corrected chi connectivity index (χ3v) is 3.02. The van der Waals surface area contributed by atoms with Gasteiger partial charge in [-0.3, -0.25) is 4.99 Å². The van der Waals surface area contributed by atoms with Gasteiger partial charge in [-0.2, -0.15) is 0 Å². The number of aromatic nitrogens is 1. The predicted molar refractivity (Wildman–Crippen MR) is 84.3 cm³/mol. The number of aliphatic imine (C=N–C) groups is 1. The molecule has 0 spiro atoms. The smallest absolute Gasteiger partial charge is 0.218 e. The lowest BCUT2D eigenvalue weighted by molar-refractivity contribution is 0.392. The molecule has 2 N–H and O–H groups in total. The van der Waals surface area contributed by atoms with Crippen molar-refractivity contribution < 1.29 is 4.74 Å². The first-order valence-corrected chi connectivity index (χ1v) is 6.80. The fourth-order valence-electron chi connectivity index (χ4n) is 1.92. The zero-order valence-corrected chi connectivity index (χ0v) is 12.3. The van der Waals surface area contributed by atoms with Crippen molar-refractivity contribution in [2.45, 2.75) is 13.1 Å². The SMILES string of the molecule is CN=C(NCc1ccccc1)NCc1cccnc1OC. The number of pyridine rings is 1. The number of hydrogen-bond acceptors (Lipinski definition) is 3. The summed E-state index contributed by atoms with van der Waals surface area (Å²) in [6.07, 6.45) is 1.71. The highest BCUT2D eigenvalue weighted by atomic mass is 16.5. The van der Waals surface area contributed by atoms with E-state index in [1.165, 1.54) is 5.56 Å². The highest BCUT2D eigenvalue weighted by Crippen LogP contribution is 2.12. The molecule has 5 nitrogen and oxygen atoms in total. The highest BCUT2D eigenvalue weighted by Gasteiger charge is 2.04. The second-order valence-electron chi connectivity index (χ2n) is 4.44. The summed E-state index contributed by atoms with van der Waals surface area (Å²) < 4.78 is 5.23. The summed E-state index contributed by atoms with van der Waals surface area (Å²) in [4.78, 5) is 8.38. The molecule has 0 aliphatic rings. The number of rotatable bonds is 5. The first kappa shape index (κ1) is 14.8. The number of ether oxygens (including phenoxy) is 1. The molecule has 2 rings (SSSR count). The molecule has 2 aromatic rings. The highest BCUT2D eigenvalue weighted by molar-refractivity contribution is 5.79. The maximum atomic E-state index is 5.23. The Balaban J connectivity index is 1.88. The van der Waals surface area contributed by atoms with Gasteiger partial charge in [-0.1, -0.05) is 36.4 Å². The van der Waals surface area contributed by atoms with Gasteiger partial charge in [0.1, 0.15) is 0 Å². The van der Waals surface area contributed by atoms with Crippen molar-refractivity contribution in [2.75, 3.05) is 14.2 Å². The molecule has 0 atom stereocenters. The Hall–Kier alpha value is -2.56. The lowest BCUT2D eigenvalue weighted by atomic mass is 10.2. The quantitative estimate of drug-likeness (QED) is 0.651. The van der Waals surface area contributed by atoms with E-state index in [1.807, 2.05) is 30.3 Å². The van der Waals surface area contributed by atoms with Crippen molar-refractivity contribution in [3.63, 3.8) is 0 Å². The largest absolute Gasteiger partial charge is 0.481 e. The van der Waals surface area contributed by atoms with E-state index in [0.29, 0.717) is 12.4 Å². The maximum Gasteiger partial charge on any atom is 0.218 e. The first-order valence-electron chi connectivity index (χ1n) is 6.80. The van der Waals surface area contributed by atoms with E-state index in [1.54, 1.807) is 20.4 Å². The Kier molecular flexibility index (Phi) is 5.58. The maximum absolute atomic E-state index is 5.23. The van der Waals surface area contributed by atoms with Crippen LogP contribution in [0.2, 0.25) is 0 Å². The predicted octanol–water partition coefficient (Wildman–Crippen LogP) is 1.96. The topological polar surface area (TPSA) is 58.5 Å². The number of methoxy groups -OCH3 is 1. The van der Waals surface area contributed by atoms with E-state index in [4.69, 9.17) is 4.74 Å². The molecule has 1 aromatic carbocycles. The zero-order valence-electron chi connectivity index (χ0n) is 12.3. The average Bonchev–Trinajstić information content (AvgIpc) is 2.56. The van der Waals surface area contributed by atoms with Crippen molar-refractivity contribution in [3.05, 3.63) is 59.8 Å². The fraction of sp³-hybridized carbons (Fsp3) is 0.250. The Morgan fingerprint density at radius 1 is 1.10 bits per heavy atom. The molecule has 110 valence electrons. The van der Waals surface area contributed by atoms with Crippen molar-refractivity contribution in [2.24, 2.45) is 4.99 Å². The van der Waals surface area contributed by atoms with Gasteiger partial charge in [-0.25, -0.2) is 4.98 Å². The summed E-state index contributed by atoms with van der Waals surface area (Å²) >= 11 is 0. The number of nitrogens with one attached hydrogen (secondary N) is 2. The fourth-order valence-corrected chi connectivity index (χ4v) is 1.92. The molecule has 5 heteroatoms. The van der Waals surface area contributed by atoms with Crippen molar-refractivity contribution in [1.29, 1.82) is 0 Å². The van der Waals surface area contributed by atoms with Crippen LogP contribution in [0.3, 0.4) is 0 Å². The Morgan fingerprint density at radius 3 is 2.57 bits per heavy atom. The normalized spacial score (nSPS) is 11.0. The van der Waals surface area contributed by atoms with Gasteiger partial charge in [-0.15, -0.1) is 0 Å². The molecule has 1 heterocycles. The lowest BCUT2D eigenvalue weighted by Gasteiger charge is -2.13. The van der Waals surface area contributed by atoms with Crippen LogP contribution in [0, 0.1) is 0 Å². The Morgan fingerprint density at radius 2 is 1.86 bits per heavy atom. The van der Waals surface area contributed by atoms with Crippen LogP contribution in [0.25, 0.3) is 0 Å². The van der Waals surface area contributed by atoms with E-state index in [-0.39, 0.29) is 0 Å². The minimum atomic E-state index is 0.603. The molecule has 0 saturated carbocycles. The van der Waals surface area contributed by atoms with Gasteiger partial charge in [-0.05, 0) is 11.6 Å².